The molecule has 0 aliphatic rings. The number of carbonyl (C=O) groups excluding carboxylic acids is 2. The first-order chi connectivity index (χ1) is 9.19. The summed E-state index contributed by atoms with van der Waals surface area (Å²) in [7, 11) is 0. The molecule has 0 aliphatic carbocycles. The average Bonchev–Trinajstić information content (AvgIpc) is 2.43. The minimum atomic E-state index is -0.611. The quantitative estimate of drug-likeness (QED) is 0.612. The van der Waals surface area contributed by atoms with Crippen molar-refractivity contribution < 1.29 is 19.1 Å². The van der Waals surface area contributed by atoms with Crippen molar-refractivity contribution in [2.45, 2.75) is 6.92 Å². The minimum absolute atomic E-state index is 0.103. The van der Waals surface area contributed by atoms with Crippen LogP contribution in [0.3, 0.4) is 0 Å². The summed E-state index contributed by atoms with van der Waals surface area (Å²) in [6.45, 7) is 1.98. The molecule has 1 aromatic carbocycles. The molecule has 5 heteroatoms. The Hall–Kier alpha value is -2.48. The van der Waals surface area contributed by atoms with E-state index in [-0.39, 0.29) is 18.7 Å². The maximum Gasteiger partial charge on any atom is 0.342 e. The van der Waals surface area contributed by atoms with Gasteiger partial charge in [0.15, 0.2) is 6.61 Å². The molecule has 0 saturated carbocycles. The Morgan fingerprint density at radius 1 is 1.37 bits per heavy atom. The molecule has 0 aromatic heterocycles. The number of esters is 1. The zero-order valence-electron chi connectivity index (χ0n) is 10.6. The van der Waals surface area contributed by atoms with Crippen molar-refractivity contribution in [1.82, 2.24) is 5.32 Å². The van der Waals surface area contributed by atoms with Gasteiger partial charge < -0.3 is 14.8 Å². The molecule has 19 heavy (non-hydrogen) atoms. The number of rotatable bonds is 6. The van der Waals surface area contributed by atoms with Crippen molar-refractivity contribution in [3.63, 3.8) is 0 Å². The van der Waals surface area contributed by atoms with E-state index in [1.165, 1.54) is 0 Å². The van der Waals surface area contributed by atoms with Gasteiger partial charge in [-0.2, -0.15) is 0 Å². The van der Waals surface area contributed by atoms with Crippen LogP contribution in [0, 0.1) is 12.3 Å². The third kappa shape index (κ3) is 4.72. The zero-order chi connectivity index (χ0) is 14.1. The summed E-state index contributed by atoms with van der Waals surface area (Å²) in [6, 6.07) is 6.68. The number of ether oxygens (including phenoxy) is 2. The maximum absolute atomic E-state index is 11.8. The second-order valence-corrected chi connectivity index (χ2v) is 3.49. The second-order valence-electron chi connectivity index (χ2n) is 3.49. The van der Waals surface area contributed by atoms with Crippen LogP contribution in [-0.2, 0) is 9.53 Å². The highest BCUT2D eigenvalue weighted by Gasteiger charge is 2.14. The first-order valence-corrected chi connectivity index (χ1v) is 5.78. The summed E-state index contributed by atoms with van der Waals surface area (Å²) >= 11 is 0. The molecular formula is C14H15NO4. The van der Waals surface area contributed by atoms with Gasteiger partial charge in [-0.05, 0) is 19.1 Å². The smallest absolute Gasteiger partial charge is 0.342 e. The minimum Gasteiger partial charge on any atom is -0.493 e. The van der Waals surface area contributed by atoms with Crippen molar-refractivity contribution >= 4 is 11.9 Å². The summed E-state index contributed by atoms with van der Waals surface area (Å²) in [5.74, 6) is 1.63. The Morgan fingerprint density at radius 3 is 2.79 bits per heavy atom. The van der Waals surface area contributed by atoms with Crippen molar-refractivity contribution in [2.75, 3.05) is 19.8 Å². The van der Waals surface area contributed by atoms with Crippen molar-refractivity contribution in [3.8, 4) is 18.1 Å². The van der Waals surface area contributed by atoms with E-state index in [2.05, 4.69) is 11.2 Å². The lowest BCUT2D eigenvalue weighted by Gasteiger charge is -2.09. The molecule has 0 aliphatic heterocycles. The Balaban J connectivity index is 2.59. The maximum atomic E-state index is 11.8. The number of amides is 1. The highest BCUT2D eigenvalue weighted by atomic mass is 16.5. The van der Waals surface area contributed by atoms with Crippen molar-refractivity contribution in [1.29, 1.82) is 0 Å². The molecule has 0 fully saturated rings. The van der Waals surface area contributed by atoms with Gasteiger partial charge in [-0.3, -0.25) is 4.79 Å². The number of hydrogen-bond acceptors (Lipinski definition) is 4. The molecule has 0 radical (unpaired) electrons. The molecule has 0 atom stereocenters. The molecule has 1 rings (SSSR count). The highest BCUT2D eigenvalue weighted by Crippen LogP contribution is 2.18. The summed E-state index contributed by atoms with van der Waals surface area (Å²) in [6.07, 6.45) is 4.99. The fourth-order valence-corrected chi connectivity index (χ4v) is 1.33. The first kappa shape index (κ1) is 14.6. The van der Waals surface area contributed by atoms with Crippen LogP contribution in [-0.4, -0.2) is 31.6 Å². The standard InChI is InChI=1S/C14H15NO4/c1-3-9-15-13(16)10-19-14(17)11-7-5-6-8-12(11)18-4-2/h1,5-8H,4,9-10H2,2H3,(H,15,16). The van der Waals surface area contributed by atoms with Gasteiger partial charge in [-0.1, -0.05) is 18.1 Å². The molecule has 0 heterocycles. The van der Waals surface area contributed by atoms with E-state index in [1.807, 2.05) is 6.92 Å². The van der Waals surface area contributed by atoms with E-state index < -0.39 is 11.9 Å². The first-order valence-electron chi connectivity index (χ1n) is 5.78. The average molecular weight is 261 g/mol. The molecule has 100 valence electrons. The lowest BCUT2D eigenvalue weighted by molar-refractivity contribution is -0.123. The van der Waals surface area contributed by atoms with E-state index in [0.717, 1.165) is 0 Å². The Kier molecular flexibility index (Phi) is 5.96. The number of hydrogen-bond donors (Lipinski definition) is 1. The van der Waals surface area contributed by atoms with Crippen LogP contribution >= 0.6 is 0 Å². The SMILES string of the molecule is C#CCNC(=O)COC(=O)c1ccccc1OCC. The number of para-hydroxylation sites is 1. The monoisotopic (exact) mass is 261 g/mol. The number of carbonyl (C=O) groups is 2. The van der Waals surface area contributed by atoms with Crippen LogP contribution in [0.2, 0.25) is 0 Å². The number of benzene rings is 1. The topological polar surface area (TPSA) is 64.6 Å². The summed E-state index contributed by atoms with van der Waals surface area (Å²) in [5.41, 5.74) is 0.286. The fraction of sp³-hybridized carbons (Fsp3) is 0.286. The summed E-state index contributed by atoms with van der Waals surface area (Å²) < 4.78 is 10.2. The normalized spacial score (nSPS) is 9.26. The largest absolute Gasteiger partial charge is 0.493 e. The van der Waals surface area contributed by atoms with Gasteiger partial charge in [-0.15, -0.1) is 6.42 Å². The molecule has 0 saturated heterocycles. The van der Waals surface area contributed by atoms with E-state index in [9.17, 15) is 9.59 Å². The van der Waals surface area contributed by atoms with Gasteiger partial charge in [0, 0.05) is 0 Å². The zero-order valence-corrected chi connectivity index (χ0v) is 10.6. The molecule has 1 amide bonds. The lowest BCUT2D eigenvalue weighted by Crippen LogP contribution is -2.29. The number of terminal acetylenes is 1. The second kappa shape index (κ2) is 7.77. The van der Waals surface area contributed by atoms with Crippen molar-refractivity contribution in [2.24, 2.45) is 0 Å². The van der Waals surface area contributed by atoms with Gasteiger partial charge in [0.25, 0.3) is 5.91 Å². The Labute approximate surface area is 111 Å². The van der Waals surface area contributed by atoms with Gasteiger partial charge in [-0.25, -0.2) is 4.79 Å². The van der Waals surface area contributed by atoms with Crippen LogP contribution in [0.1, 0.15) is 17.3 Å². The van der Waals surface area contributed by atoms with Crippen LogP contribution in [0.15, 0.2) is 24.3 Å². The Bertz CT molecular complexity index is 490. The lowest BCUT2D eigenvalue weighted by atomic mass is 10.2. The van der Waals surface area contributed by atoms with Gasteiger partial charge in [0.1, 0.15) is 11.3 Å². The van der Waals surface area contributed by atoms with Crippen LogP contribution in [0.5, 0.6) is 5.75 Å². The molecule has 0 unspecified atom stereocenters. The summed E-state index contributed by atoms with van der Waals surface area (Å²) in [5, 5.41) is 2.40. The van der Waals surface area contributed by atoms with Crippen LogP contribution in [0.25, 0.3) is 0 Å². The third-order valence-corrected chi connectivity index (χ3v) is 2.13. The van der Waals surface area contributed by atoms with E-state index in [1.54, 1.807) is 24.3 Å². The van der Waals surface area contributed by atoms with Gasteiger partial charge >= 0.3 is 5.97 Å². The van der Waals surface area contributed by atoms with E-state index in [0.29, 0.717) is 12.4 Å². The molecule has 1 aromatic rings. The van der Waals surface area contributed by atoms with Crippen molar-refractivity contribution in [3.05, 3.63) is 29.8 Å². The van der Waals surface area contributed by atoms with Crippen LogP contribution in [0.4, 0.5) is 0 Å². The van der Waals surface area contributed by atoms with Crippen LogP contribution < -0.4 is 10.1 Å². The number of nitrogens with one attached hydrogen (secondary N) is 1. The molecule has 0 spiro atoms. The van der Waals surface area contributed by atoms with E-state index >= 15 is 0 Å². The fourth-order valence-electron chi connectivity index (χ4n) is 1.33. The Morgan fingerprint density at radius 2 is 2.11 bits per heavy atom. The van der Waals surface area contributed by atoms with Gasteiger partial charge in [0.2, 0.25) is 0 Å². The molecule has 1 N–H and O–H groups in total. The summed E-state index contributed by atoms with van der Waals surface area (Å²) in [4.78, 5) is 23.0. The molecule has 5 nitrogen and oxygen atoms in total. The van der Waals surface area contributed by atoms with Gasteiger partial charge in [0.05, 0.1) is 13.2 Å². The highest BCUT2D eigenvalue weighted by molar-refractivity contribution is 5.93. The van der Waals surface area contributed by atoms with E-state index in [4.69, 9.17) is 15.9 Å². The molecule has 0 bridgehead atoms. The molecular weight excluding hydrogens is 246 g/mol. The predicted molar refractivity (Wildman–Crippen MR) is 69.7 cm³/mol. The third-order valence-electron chi connectivity index (χ3n) is 2.13. The predicted octanol–water partition coefficient (Wildman–Crippen LogP) is 0.991.